The molecule has 2 amide bonds. The van der Waals surface area contributed by atoms with Crippen molar-refractivity contribution in [3.63, 3.8) is 0 Å². The molecule has 4 heterocycles. The van der Waals surface area contributed by atoms with Gasteiger partial charge in [0, 0.05) is 18.1 Å². The number of anilines is 1. The molecule has 180 valence electrons. The number of nitrogens with two attached hydrogens (primary N) is 1. The van der Waals surface area contributed by atoms with Crippen LogP contribution in [0.1, 0.15) is 26.7 Å². The number of rotatable bonds is 6. The maximum Gasteiger partial charge on any atom is 0.275 e. The van der Waals surface area contributed by atoms with Gasteiger partial charge in [0.25, 0.3) is 11.8 Å². The monoisotopic (exact) mass is 485 g/mol. The summed E-state index contributed by atoms with van der Waals surface area (Å²) < 4.78 is 22.8. The molecular formula is C25H20FN7O3. The lowest BCUT2D eigenvalue weighted by Crippen LogP contribution is -2.14. The first-order valence-electron chi connectivity index (χ1n) is 10.8. The van der Waals surface area contributed by atoms with Gasteiger partial charge < -0.3 is 15.8 Å². The molecule has 3 N–H and O–H groups in total. The van der Waals surface area contributed by atoms with Crippen molar-refractivity contribution >= 4 is 23.1 Å². The number of hydrogen-bond acceptors (Lipinski definition) is 6. The molecule has 0 bridgehead atoms. The molecular weight excluding hydrogens is 465 g/mol. The van der Waals surface area contributed by atoms with Crippen LogP contribution >= 0.6 is 0 Å². The van der Waals surface area contributed by atoms with Crippen molar-refractivity contribution in [1.82, 2.24) is 23.9 Å². The lowest BCUT2D eigenvalue weighted by atomic mass is 10.2. The molecule has 0 radical (unpaired) electrons. The number of carbonyl (C=O) groups excluding carboxylic acids is 2. The number of aryl methyl sites for hydroxylation is 1. The van der Waals surface area contributed by atoms with Gasteiger partial charge in [0.05, 0.1) is 24.7 Å². The van der Waals surface area contributed by atoms with Gasteiger partial charge in [-0.3, -0.25) is 18.6 Å². The Kier molecular flexibility index (Phi) is 5.65. The smallest absolute Gasteiger partial charge is 0.275 e. The highest BCUT2D eigenvalue weighted by atomic mass is 19.1. The SMILES string of the molecule is COc1cccc(NC(=O)c2cn(-c3ccc4ncc(C(N)=O)n4c3)c(-c3cccc(C)n3)n2)c1F. The van der Waals surface area contributed by atoms with E-state index in [-0.39, 0.29) is 22.8 Å². The third kappa shape index (κ3) is 4.02. The van der Waals surface area contributed by atoms with Crippen LogP contribution in [-0.4, -0.2) is 42.8 Å². The summed E-state index contributed by atoms with van der Waals surface area (Å²) in [4.78, 5) is 38.1. The molecule has 1 aromatic carbocycles. The topological polar surface area (TPSA) is 129 Å². The van der Waals surface area contributed by atoms with E-state index in [4.69, 9.17) is 10.5 Å². The van der Waals surface area contributed by atoms with E-state index in [1.165, 1.54) is 31.6 Å². The Morgan fingerprint density at radius 3 is 2.61 bits per heavy atom. The predicted molar refractivity (Wildman–Crippen MR) is 130 cm³/mol. The van der Waals surface area contributed by atoms with Crippen molar-refractivity contribution < 1.29 is 18.7 Å². The number of halogens is 1. The summed E-state index contributed by atoms with van der Waals surface area (Å²) >= 11 is 0. The predicted octanol–water partition coefficient (Wildman–Crippen LogP) is 3.39. The summed E-state index contributed by atoms with van der Waals surface area (Å²) in [5.41, 5.74) is 8.03. The second-order valence-corrected chi connectivity index (χ2v) is 7.88. The minimum atomic E-state index is -0.696. The molecule has 0 unspecified atom stereocenters. The Morgan fingerprint density at radius 1 is 1.06 bits per heavy atom. The number of benzene rings is 1. The second kappa shape index (κ2) is 8.95. The van der Waals surface area contributed by atoms with Crippen molar-refractivity contribution in [2.24, 2.45) is 5.73 Å². The number of amides is 2. The third-order valence-corrected chi connectivity index (χ3v) is 5.51. The van der Waals surface area contributed by atoms with E-state index in [1.807, 2.05) is 19.1 Å². The third-order valence-electron chi connectivity index (χ3n) is 5.51. The van der Waals surface area contributed by atoms with Crippen LogP contribution in [0.2, 0.25) is 0 Å². The van der Waals surface area contributed by atoms with Gasteiger partial charge in [-0.25, -0.2) is 19.3 Å². The van der Waals surface area contributed by atoms with Gasteiger partial charge in [0.2, 0.25) is 0 Å². The normalized spacial score (nSPS) is 11.0. The first-order chi connectivity index (χ1) is 17.4. The van der Waals surface area contributed by atoms with Crippen LogP contribution in [0.5, 0.6) is 5.75 Å². The molecule has 5 rings (SSSR count). The number of primary amides is 1. The van der Waals surface area contributed by atoms with E-state index < -0.39 is 17.6 Å². The molecule has 0 saturated carbocycles. The number of fused-ring (bicyclic) bond motifs is 1. The average molecular weight is 485 g/mol. The lowest BCUT2D eigenvalue weighted by molar-refractivity contribution is 0.0992. The van der Waals surface area contributed by atoms with Crippen molar-refractivity contribution in [2.45, 2.75) is 6.92 Å². The molecule has 0 fully saturated rings. The first-order valence-corrected chi connectivity index (χ1v) is 10.8. The zero-order valence-corrected chi connectivity index (χ0v) is 19.3. The summed E-state index contributed by atoms with van der Waals surface area (Å²) in [5, 5.41) is 2.54. The van der Waals surface area contributed by atoms with Crippen LogP contribution in [0.25, 0.3) is 22.9 Å². The molecule has 0 saturated heterocycles. The van der Waals surface area contributed by atoms with Crippen LogP contribution in [0, 0.1) is 12.7 Å². The number of hydrogen-bond donors (Lipinski definition) is 2. The molecule has 4 aromatic heterocycles. The molecule has 0 aliphatic carbocycles. The van der Waals surface area contributed by atoms with Crippen molar-refractivity contribution in [3.05, 3.63) is 90.0 Å². The van der Waals surface area contributed by atoms with E-state index in [2.05, 4.69) is 20.3 Å². The van der Waals surface area contributed by atoms with Gasteiger partial charge >= 0.3 is 0 Å². The molecule has 5 aromatic rings. The van der Waals surface area contributed by atoms with Crippen LogP contribution in [0.3, 0.4) is 0 Å². The van der Waals surface area contributed by atoms with Gasteiger partial charge in [0.1, 0.15) is 22.7 Å². The van der Waals surface area contributed by atoms with Crippen LogP contribution < -0.4 is 15.8 Å². The van der Waals surface area contributed by atoms with E-state index in [0.29, 0.717) is 22.9 Å². The standard InChI is InChI=1S/C25H20FN7O3/c1-14-5-3-7-17(29-14)24-30-18(25(35)31-16-6-4-8-20(36-2)22(16)26)13-32(24)15-9-10-21-28-11-19(23(27)34)33(21)12-15/h3-13H,1-2H3,(H2,27,34)(H,31,35). The van der Waals surface area contributed by atoms with E-state index in [1.54, 1.807) is 39.4 Å². The van der Waals surface area contributed by atoms with Crippen LogP contribution in [0.15, 0.2) is 67.1 Å². The van der Waals surface area contributed by atoms with Crippen molar-refractivity contribution in [3.8, 4) is 23.0 Å². The van der Waals surface area contributed by atoms with Gasteiger partial charge in [-0.15, -0.1) is 0 Å². The summed E-state index contributed by atoms with van der Waals surface area (Å²) in [6.45, 7) is 1.84. The van der Waals surface area contributed by atoms with Gasteiger partial charge in [-0.2, -0.15) is 0 Å². The summed E-state index contributed by atoms with van der Waals surface area (Å²) in [6, 6.07) is 13.3. The highest BCUT2D eigenvalue weighted by Crippen LogP contribution is 2.26. The van der Waals surface area contributed by atoms with E-state index in [9.17, 15) is 14.0 Å². The first kappa shape index (κ1) is 22.7. The van der Waals surface area contributed by atoms with Crippen molar-refractivity contribution in [2.75, 3.05) is 12.4 Å². The van der Waals surface area contributed by atoms with E-state index in [0.717, 1.165) is 5.69 Å². The quantitative estimate of drug-likeness (QED) is 0.379. The van der Waals surface area contributed by atoms with Gasteiger partial charge in [-0.05, 0) is 43.3 Å². The second-order valence-electron chi connectivity index (χ2n) is 7.88. The molecule has 0 aliphatic rings. The number of pyridine rings is 2. The molecule has 0 spiro atoms. The minimum absolute atomic E-state index is 0.00173. The number of imidazole rings is 2. The fraction of sp³-hybridized carbons (Fsp3) is 0.0800. The number of ether oxygens (including phenoxy) is 1. The number of nitrogens with zero attached hydrogens (tertiary/aromatic N) is 5. The van der Waals surface area contributed by atoms with Crippen LogP contribution in [0.4, 0.5) is 10.1 Å². The number of methoxy groups -OCH3 is 1. The highest BCUT2D eigenvalue weighted by Gasteiger charge is 2.20. The maximum absolute atomic E-state index is 14.6. The van der Waals surface area contributed by atoms with Crippen molar-refractivity contribution in [1.29, 1.82) is 0 Å². The van der Waals surface area contributed by atoms with Gasteiger partial charge in [-0.1, -0.05) is 12.1 Å². The number of carbonyl (C=O) groups is 2. The molecule has 0 atom stereocenters. The molecule has 36 heavy (non-hydrogen) atoms. The zero-order valence-electron chi connectivity index (χ0n) is 19.3. The fourth-order valence-electron chi connectivity index (χ4n) is 3.78. The molecule has 0 aliphatic heterocycles. The average Bonchev–Trinajstić information content (AvgIpc) is 3.50. The maximum atomic E-state index is 14.6. The Bertz CT molecular complexity index is 1640. The Balaban J connectivity index is 1.62. The Morgan fingerprint density at radius 2 is 1.86 bits per heavy atom. The highest BCUT2D eigenvalue weighted by molar-refractivity contribution is 6.03. The minimum Gasteiger partial charge on any atom is -0.494 e. The van der Waals surface area contributed by atoms with E-state index >= 15 is 0 Å². The molecule has 10 nitrogen and oxygen atoms in total. The Hall–Kier alpha value is -5.06. The molecule has 11 heteroatoms. The Labute approximate surface area is 204 Å². The summed E-state index contributed by atoms with van der Waals surface area (Å²) in [7, 11) is 1.34. The fourth-order valence-corrected chi connectivity index (χ4v) is 3.78. The number of nitrogens with one attached hydrogen (secondary N) is 1. The zero-order chi connectivity index (χ0) is 25.4. The number of aromatic nitrogens is 5. The lowest BCUT2D eigenvalue weighted by Gasteiger charge is -2.09. The summed E-state index contributed by atoms with van der Waals surface area (Å²) in [5.74, 6) is -1.59. The van der Waals surface area contributed by atoms with Gasteiger partial charge in [0.15, 0.2) is 17.4 Å². The summed E-state index contributed by atoms with van der Waals surface area (Å²) in [6.07, 6.45) is 4.56. The largest absolute Gasteiger partial charge is 0.494 e. The van der Waals surface area contributed by atoms with Crippen LogP contribution in [-0.2, 0) is 0 Å².